The maximum absolute atomic E-state index is 13.5. The third-order valence-electron chi connectivity index (χ3n) is 7.05. The number of carbonyl (C=O) groups excluding carboxylic acids is 4. The molecule has 43 heavy (non-hydrogen) atoms. The van der Waals surface area contributed by atoms with Crippen molar-refractivity contribution in [2.24, 2.45) is 11.8 Å². The number of aliphatic carboxylic acids is 1. The summed E-state index contributed by atoms with van der Waals surface area (Å²) in [6.45, 7) is 4.16. The molecule has 3 rings (SSSR count). The third kappa shape index (κ3) is 11.0. The third-order valence-corrected chi connectivity index (χ3v) is 7.05. The average Bonchev–Trinajstić information content (AvgIpc) is 2.97. The van der Waals surface area contributed by atoms with Gasteiger partial charge in [0.25, 0.3) is 0 Å². The highest BCUT2D eigenvalue weighted by molar-refractivity contribution is 5.93. The van der Waals surface area contributed by atoms with E-state index in [1.807, 2.05) is 19.9 Å². The van der Waals surface area contributed by atoms with Crippen molar-refractivity contribution in [3.63, 3.8) is 0 Å². The molecule has 1 heterocycles. The number of piperidine rings is 1. The molecule has 12 heteroatoms. The highest BCUT2D eigenvalue weighted by atomic mass is 19.1. The van der Waals surface area contributed by atoms with Crippen LogP contribution in [0.15, 0.2) is 54.6 Å². The van der Waals surface area contributed by atoms with E-state index in [2.05, 4.69) is 21.3 Å². The van der Waals surface area contributed by atoms with Crippen LogP contribution in [0.2, 0.25) is 0 Å². The van der Waals surface area contributed by atoms with Gasteiger partial charge in [0.2, 0.25) is 17.7 Å². The van der Waals surface area contributed by atoms with Crippen molar-refractivity contribution in [1.82, 2.24) is 21.3 Å². The summed E-state index contributed by atoms with van der Waals surface area (Å²) in [7, 11) is 0. The normalized spacial score (nSPS) is 16.7. The molecule has 5 N–H and O–H groups in total. The predicted molar refractivity (Wildman–Crippen MR) is 155 cm³/mol. The number of rotatable bonds is 14. The van der Waals surface area contributed by atoms with E-state index in [9.17, 15) is 33.5 Å². The molecule has 0 bridgehead atoms. The fourth-order valence-corrected chi connectivity index (χ4v) is 4.79. The van der Waals surface area contributed by atoms with Crippen molar-refractivity contribution in [2.45, 2.75) is 70.7 Å². The molecule has 4 amide bonds. The van der Waals surface area contributed by atoms with Gasteiger partial charge in [0, 0.05) is 18.9 Å². The molecule has 1 aliphatic heterocycles. The van der Waals surface area contributed by atoms with Gasteiger partial charge < -0.3 is 31.1 Å². The van der Waals surface area contributed by atoms with Crippen molar-refractivity contribution in [3.8, 4) is 0 Å². The lowest BCUT2D eigenvalue weighted by molar-refractivity contribution is -0.143. The van der Waals surface area contributed by atoms with Crippen LogP contribution in [-0.2, 0) is 36.9 Å². The van der Waals surface area contributed by atoms with Crippen LogP contribution >= 0.6 is 0 Å². The zero-order valence-electron chi connectivity index (χ0n) is 24.3. The van der Waals surface area contributed by atoms with Crippen LogP contribution in [-0.4, -0.2) is 59.6 Å². The van der Waals surface area contributed by atoms with Crippen LogP contribution in [0.3, 0.4) is 0 Å². The second-order valence-corrected chi connectivity index (χ2v) is 11.0. The van der Waals surface area contributed by atoms with Gasteiger partial charge in [-0.1, -0.05) is 56.3 Å². The molecule has 1 fully saturated rings. The number of carboxylic acids is 1. The summed E-state index contributed by atoms with van der Waals surface area (Å²) in [4.78, 5) is 63.6. The molecule has 0 spiro atoms. The minimum absolute atomic E-state index is 0.0306. The number of hydrogen-bond donors (Lipinski definition) is 5. The number of carbonyl (C=O) groups is 5. The number of amides is 4. The van der Waals surface area contributed by atoms with Crippen molar-refractivity contribution in [3.05, 3.63) is 71.5 Å². The number of carboxylic acid groups (broad SMARTS) is 1. The lowest BCUT2D eigenvalue weighted by Gasteiger charge is -2.27. The van der Waals surface area contributed by atoms with Gasteiger partial charge in [-0.3, -0.25) is 14.4 Å². The van der Waals surface area contributed by atoms with Crippen LogP contribution in [0, 0.1) is 17.7 Å². The molecule has 0 radical (unpaired) electrons. The van der Waals surface area contributed by atoms with E-state index in [0.717, 1.165) is 5.56 Å². The summed E-state index contributed by atoms with van der Waals surface area (Å²) in [5.41, 5.74) is 1.29. The molecule has 232 valence electrons. The van der Waals surface area contributed by atoms with E-state index in [-0.39, 0.29) is 37.7 Å². The van der Waals surface area contributed by atoms with Crippen LogP contribution in [0.1, 0.15) is 50.7 Å². The van der Waals surface area contributed by atoms with Gasteiger partial charge in [-0.15, -0.1) is 0 Å². The maximum atomic E-state index is 13.5. The summed E-state index contributed by atoms with van der Waals surface area (Å²) in [6, 6.07) is 10.7. The topological polar surface area (TPSA) is 163 Å². The van der Waals surface area contributed by atoms with Crippen LogP contribution < -0.4 is 21.3 Å². The molecule has 11 nitrogen and oxygen atoms in total. The van der Waals surface area contributed by atoms with Crippen molar-refractivity contribution >= 4 is 29.8 Å². The molecule has 0 aliphatic carbocycles. The average molecular weight is 599 g/mol. The number of ether oxygens (including phenoxy) is 1. The molecule has 0 saturated carbocycles. The van der Waals surface area contributed by atoms with Crippen molar-refractivity contribution in [2.75, 3.05) is 6.54 Å². The van der Waals surface area contributed by atoms with Gasteiger partial charge >= 0.3 is 12.1 Å². The Balaban J connectivity index is 1.72. The molecule has 2 aromatic carbocycles. The van der Waals surface area contributed by atoms with E-state index < -0.39 is 53.7 Å². The summed E-state index contributed by atoms with van der Waals surface area (Å²) in [6.07, 6.45) is 0.408. The lowest BCUT2D eigenvalue weighted by atomic mass is 9.91. The monoisotopic (exact) mass is 598 g/mol. The first-order chi connectivity index (χ1) is 20.5. The van der Waals surface area contributed by atoms with Crippen LogP contribution in [0.5, 0.6) is 0 Å². The van der Waals surface area contributed by atoms with E-state index in [4.69, 9.17) is 4.74 Å². The first kappa shape index (κ1) is 33.0. The van der Waals surface area contributed by atoms with E-state index in [1.165, 1.54) is 24.3 Å². The van der Waals surface area contributed by atoms with Gasteiger partial charge in [-0.05, 0) is 54.9 Å². The fourth-order valence-electron chi connectivity index (χ4n) is 4.79. The first-order valence-electron chi connectivity index (χ1n) is 14.3. The predicted octanol–water partition coefficient (Wildman–Crippen LogP) is 2.68. The molecular weight excluding hydrogens is 559 g/mol. The number of alkyl carbamates (subject to hydrolysis) is 1. The second kappa shape index (κ2) is 16.2. The molecule has 2 aromatic rings. The van der Waals surface area contributed by atoms with Crippen molar-refractivity contribution < 1.29 is 38.2 Å². The van der Waals surface area contributed by atoms with E-state index in [1.54, 1.807) is 24.3 Å². The first-order valence-corrected chi connectivity index (χ1v) is 14.3. The Morgan fingerprint density at radius 1 is 0.930 bits per heavy atom. The molecule has 4 atom stereocenters. The zero-order valence-corrected chi connectivity index (χ0v) is 24.3. The fraction of sp³-hybridized carbons (Fsp3) is 0.452. The molecule has 0 unspecified atom stereocenters. The van der Waals surface area contributed by atoms with Crippen LogP contribution in [0.4, 0.5) is 9.18 Å². The number of hydrogen-bond acceptors (Lipinski definition) is 6. The minimum Gasteiger partial charge on any atom is -0.480 e. The van der Waals surface area contributed by atoms with Crippen LogP contribution in [0.25, 0.3) is 0 Å². The van der Waals surface area contributed by atoms with Gasteiger partial charge in [-0.25, -0.2) is 14.0 Å². The maximum Gasteiger partial charge on any atom is 0.408 e. The molecule has 0 aromatic heterocycles. The summed E-state index contributed by atoms with van der Waals surface area (Å²) in [5, 5.41) is 20.1. The number of halogens is 1. The zero-order chi connectivity index (χ0) is 31.4. The molecule has 1 aliphatic rings. The Hall–Kier alpha value is -4.48. The van der Waals surface area contributed by atoms with Crippen molar-refractivity contribution in [1.29, 1.82) is 0 Å². The quantitative estimate of drug-likeness (QED) is 0.223. The Bertz CT molecular complexity index is 1260. The summed E-state index contributed by atoms with van der Waals surface area (Å²) in [5.74, 6) is -4.07. The number of nitrogens with one attached hydrogen (secondary N) is 4. The highest BCUT2D eigenvalue weighted by Gasteiger charge is 2.33. The van der Waals surface area contributed by atoms with Gasteiger partial charge in [0.1, 0.15) is 30.5 Å². The largest absolute Gasteiger partial charge is 0.480 e. The summed E-state index contributed by atoms with van der Waals surface area (Å²) < 4.78 is 18.8. The Kier molecular flexibility index (Phi) is 12.5. The summed E-state index contributed by atoms with van der Waals surface area (Å²) >= 11 is 0. The molecule has 1 saturated heterocycles. The standard InChI is InChI=1S/C31H39FN4O7/c1-19(2)15-24(28(38)35-26(30(40)41)17-22-9-6-14-33-27(22)37)34-29(39)25(16-20-10-12-23(32)13-11-20)36-31(42)43-18-21-7-4-3-5-8-21/h3-5,7-8,10-13,19,22,24-26H,6,9,14-18H2,1-2H3,(H,33,37)(H,34,39)(H,35,38)(H,36,42)(H,40,41)/t22-,24-,25-,26-/m0/s1. The second-order valence-electron chi connectivity index (χ2n) is 11.0. The Morgan fingerprint density at radius 2 is 1.58 bits per heavy atom. The van der Waals surface area contributed by atoms with Gasteiger partial charge in [0.05, 0.1) is 0 Å². The highest BCUT2D eigenvalue weighted by Crippen LogP contribution is 2.18. The molecular formula is C31H39FN4O7. The minimum atomic E-state index is -1.34. The smallest absolute Gasteiger partial charge is 0.408 e. The Morgan fingerprint density at radius 3 is 2.21 bits per heavy atom. The lowest BCUT2D eigenvalue weighted by Crippen LogP contribution is -2.57. The Labute approximate surface area is 249 Å². The number of benzene rings is 2. The van der Waals surface area contributed by atoms with Gasteiger partial charge in [-0.2, -0.15) is 0 Å². The van der Waals surface area contributed by atoms with E-state index >= 15 is 0 Å². The SMILES string of the molecule is CC(C)C[C@H](NC(=O)[C@H](Cc1ccc(F)cc1)NC(=O)OCc1ccccc1)C(=O)N[C@@H](C[C@@H]1CCCNC1=O)C(=O)O. The van der Waals surface area contributed by atoms with Gasteiger partial charge in [0.15, 0.2) is 0 Å². The van der Waals surface area contributed by atoms with E-state index in [0.29, 0.717) is 24.9 Å².